The number of nitrogens with zero attached hydrogens (tertiary/aromatic N) is 5. The molecule has 1 aliphatic heterocycles. The zero-order valence-electron chi connectivity index (χ0n) is 21.6. The Hall–Kier alpha value is -4.80. The first-order valence-corrected chi connectivity index (χ1v) is 12.6. The molecule has 0 saturated carbocycles. The van der Waals surface area contributed by atoms with Crippen LogP contribution in [-0.2, 0) is 25.8 Å². The third-order valence-electron chi connectivity index (χ3n) is 6.41. The Morgan fingerprint density at radius 3 is 2.03 bits per heavy atom. The van der Waals surface area contributed by atoms with E-state index < -0.39 is 17.8 Å². The Balaban J connectivity index is 1.35. The first-order valence-electron chi connectivity index (χ1n) is 12.6. The van der Waals surface area contributed by atoms with Gasteiger partial charge in [0.25, 0.3) is 11.8 Å². The van der Waals surface area contributed by atoms with E-state index in [-0.39, 0.29) is 19.3 Å². The van der Waals surface area contributed by atoms with Gasteiger partial charge in [0.15, 0.2) is 0 Å². The average molecular weight is 530 g/mol. The zero-order valence-corrected chi connectivity index (χ0v) is 21.6. The summed E-state index contributed by atoms with van der Waals surface area (Å²) in [6.45, 7) is 0.452. The normalized spacial score (nSPS) is 13.2. The second-order valence-corrected chi connectivity index (χ2v) is 8.97. The molecule has 11 heteroatoms. The second kappa shape index (κ2) is 11.3. The van der Waals surface area contributed by atoms with Crippen molar-refractivity contribution in [2.24, 2.45) is 0 Å². The van der Waals surface area contributed by atoms with E-state index in [1.54, 1.807) is 25.2 Å². The Bertz CT molecular complexity index is 1410. The van der Waals surface area contributed by atoms with E-state index in [9.17, 15) is 14.4 Å². The fourth-order valence-electron chi connectivity index (χ4n) is 4.31. The fourth-order valence-corrected chi connectivity index (χ4v) is 4.31. The van der Waals surface area contributed by atoms with Gasteiger partial charge in [0, 0.05) is 36.6 Å². The number of carbonyl (C=O) groups is 3. The van der Waals surface area contributed by atoms with Crippen LogP contribution < -0.4 is 9.47 Å². The van der Waals surface area contributed by atoms with Crippen LogP contribution in [0.2, 0.25) is 0 Å². The summed E-state index contributed by atoms with van der Waals surface area (Å²) in [6, 6.07) is 15.2. The summed E-state index contributed by atoms with van der Waals surface area (Å²) >= 11 is 0. The predicted molar refractivity (Wildman–Crippen MR) is 140 cm³/mol. The van der Waals surface area contributed by atoms with Crippen molar-refractivity contribution in [3.8, 4) is 33.9 Å². The summed E-state index contributed by atoms with van der Waals surface area (Å²) in [5, 5.41) is 10.1. The molecular formula is C28H27N5O6. The number of hydrogen-bond donors (Lipinski definition) is 0. The first-order chi connectivity index (χ1) is 19.0. The summed E-state index contributed by atoms with van der Waals surface area (Å²) in [5.41, 5.74) is 4.68. The number of methoxy groups -OCH3 is 2. The molecule has 3 heterocycles. The zero-order chi connectivity index (χ0) is 27.4. The molecule has 0 atom stereocenters. The lowest BCUT2D eigenvalue weighted by Gasteiger charge is -2.12. The van der Waals surface area contributed by atoms with Crippen molar-refractivity contribution in [3.63, 3.8) is 0 Å². The highest BCUT2D eigenvalue weighted by molar-refractivity contribution is 6.01. The van der Waals surface area contributed by atoms with E-state index in [0.29, 0.717) is 41.2 Å². The SMILES string of the molecule is COc1ccc(-c2cnc(-c3ccc(OC)cc3)c3nn(CCCCC(=O)ON4C(=O)CCC4=O)nc23)cc1. The molecular weight excluding hydrogens is 502 g/mol. The second-order valence-electron chi connectivity index (χ2n) is 8.97. The van der Waals surface area contributed by atoms with Crippen LogP contribution in [0.5, 0.6) is 11.5 Å². The van der Waals surface area contributed by atoms with Gasteiger partial charge in [-0.3, -0.25) is 14.6 Å². The Morgan fingerprint density at radius 2 is 1.41 bits per heavy atom. The molecule has 1 aliphatic rings. The summed E-state index contributed by atoms with van der Waals surface area (Å²) < 4.78 is 10.6. The van der Waals surface area contributed by atoms with Crippen molar-refractivity contribution in [1.82, 2.24) is 25.0 Å². The van der Waals surface area contributed by atoms with Gasteiger partial charge in [-0.2, -0.15) is 15.0 Å². The van der Waals surface area contributed by atoms with Gasteiger partial charge < -0.3 is 14.3 Å². The van der Waals surface area contributed by atoms with Crippen molar-refractivity contribution in [1.29, 1.82) is 0 Å². The van der Waals surface area contributed by atoms with Gasteiger partial charge in [-0.15, -0.1) is 5.06 Å². The maximum atomic E-state index is 12.1. The lowest BCUT2D eigenvalue weighted by Crippen LogP contribution is -2.31. The molecule has 200 valence electrons. The van der Waals surface area contributed by atoms with Crippen LogP contribution in [0.25, 0.3) is 33.4 Å². The average Bonchev–Trinajstić information content (AvgIpc) is 3.53. The number of hydrogen-bond acceptors (Lipinski definition) is 9. The van der Waals surface area contributed by atoms with Crippen molar-refractivity contribution in [2.45, 2.75) is 38.6 Å². The van der Waals surface area contributed by atoms with Gasteiger partial charge in [0.2, 0.25) is 0 Å². The van der Waals surface area contributed by atoms with Gasteiger partial charge in [-0.05, 0) is 54.8 Å². The Morgan fingerprint density at radius 1 is 0.821 bits per heavy atom. The molecule has 0 bridgehead atoms. The van der Waals surface area contributed by atoms with Gasteiger partial charge in [-0.25, -0.2) is 4.79 Å². The molecule has 5 rings (SSSR count). The topological polar surface area (TPSA) is 126 Å². The lowest BCUT2D eigenvalue weighted by molar-refractivity contribution is -0.197. The quantitative estimate of drug-likeness (QED) is 0.222. The van der Waals surface area contributed by atoms with Crippen LogP contribution in [0.1, 0.15) is 32.1 Å². The minimum atomic E-state index is -0.620. The summed E-state index contributed by atoms with van der Waals surface area (Å²) in [5.74, 6) is -0.113. The molecule has 0 unspecified atom stereocenters. The molecule has 2 aromatic heterocycles. The van der Waals surface area contributed by atoms with Crippen molar-refractivity contribution in [2.75, 3.05) is 14.2 Å². The monoisotopic (exact) mass is 529 g/mol. The van der Waals surface area contributed by atoms with E-state index in [1.165, 1.54) is 0 Å². The third-order valence-corrected chi connectivity index (χ3v) is 6.41. The van der Waals surface area contributed by atoms with Crippen LogP contribution in [0.4, 0.5) is 0 Å². The standard InChI is InChI=1S/C28H27N5O6/c1-37-20-10-6-18(7-11-20)22-17-29-26(19-8-12-21(38-2)13-9-19)28-27(22)30-32(31-28)16-4-3-5-25(36)39-33-23(34)14-15-24(33)35/h6-13,17H,3-5,14-16H2,1-2H3. The highest BCUT2D eigenvalue weighted by atomic mass is 16.7. The van der Waals surface area contributed by atoms with Crippen LogP contribution in [0, 0.1) is 0 Å². The molecule has 11 nitrogen and oxygen atoms in total. The highest BCUT2D eigenvalue weighted by Gasteiger charge is 2.32. The molecule has 1 fully saturated rings. The van der Waals surface area contributed by atoms with Crippen molar-refractivity contribution < 1.29 is 28.7 Å². The lowest BCUT2D eigenvalue weighted by atomic mass is 10.0. The van der Waals surface area contributed by atoms with E-state index >= 15 is 0 Å². The van der Waals surface area contributed by atoms with Gasteiger partial charge >= 0.3 is 5.97 Å². The van der Waals surface area contributed by atoms with Gasteiger partial charge in [0.1, 0.15) is 28.2 Å². The third kappa shape index (κ3) is 5.57. The number of amides is 2. The van der Waals surface area contributed by atoms with Gasteiger partial charge in [-0.1, -0.05) is 12.1 Å². The van der Waals surface area contributed by atoms with Crippen LogP contribution in [0.3, 0.4) is 0 Å². The number of hydroxylamine groups is 2. The molecule has 0 radical (unpaired) electrons. The van der Waals surface area contributed by atoms with E-state index in [2.05, 4.69) is 0 Å². The number of aromatic nitrogens is 4. The Labute approximate surface area is 224 Å². The van der Waals surface area contributed by atoms with Crippen molar-refractivity contribution >= 4 is 28.8 Å². The van der Waals surface area contributed by atoms with Crippen molar-refractivity contribution in [3.05, 3.63) is 54.7 Å². The maximum Gasteiger partial charge on any atom is 0.333 e. The number of benzene rings is 2. The van der Waals surface area contributed by atoms with Crippen LogP contribution in [-0.4, -0.2) is 57.0 Å². The number of pyridine rings is 1. The number of fused-ring (bicyclic) bond motifs is 1. The largest absolute Gasteiger partial charge is 0.497 e. The number of carbonyl (C=O) groups excluding carboxylic acids is 3. The maximum absolute atomic E-state index is 12.1. The molecule has 4 aromatic rings. The fraction of sp³-hybridized carbons (Fsp3) is 0.286. The number of ether oxygens (including phenoxy) is 2. The molecule has 0 N–H and O–H groups in total. The van der Waals surface area contributed by atoms with E-state index in [0.717, 1.165) is 28.2 Å². The van der Waals surface area contributed by atoms with Crippen LogP contribution >= 0.6 is 0 Å². The minimum Gasteiger partial charge on any atom is -0.497 e. The number of rotatable bonds is 10. The van der Waals surface area contributed by atoms with Crippen LogP contribution in [0.15, 0.2) is 54.7 Å². The molecule has 0 aliphatic carbocycles. The summed E-state index contributed by atoms with van der Waals surface area (Å²) in [4.78, 5) is 46.6. The smallest absolute Gasteiger partial charge is 0.333 e. The summed E-state index contributed by atoms with van der Waals surface area (Å²) in [6.07, 6.45) is 3.04. The number of imide groups is 1. The molecule has 2 amide bonds. The molecule has 0 spiro atoms. The highest BCUT2D eigenvalue weighted by Crippen LogP contribution is 2.33. The molecule has 1 saturated heterocycles. The van der Waals surface area contributed by atoms with E-state index in [1.807, 2.05) is 48.5 Å². The summed E-state index contributed by atoms with van der Waals surface area (Å²) in [7, 11) is 3.24. The van der Waals surface area contributed by atoms with E-state index in [4.69, 9.17) is 29.5 Å². The predicted octanol–water partition coefficient (Wildman–Crippen LogP) is 3.96. The number of aryl methyl sites for hydroxylation is 1. The molecule has 2 aromatic carbocycles. The first kappa shape index (κ1) is 25.8. The molecule has 39 heavy (non-hydrogen) atoms. The number of unbranched alkanes of at least 4 members (excludes halogenated alkanes) is 1. The van der Waals surface area contributed by atoms with Gasteiger partial charge in [0.05, 0.1) is 20.8 Å². The minimum absolute atomic E-state index is 0.0631. The Kier molecular flexibility index (Phi) is 7.48.